The summed E-state index contributed by atoms with van der Waals surface area (Å²) in [4.78, 5) is 72.9. The van der Waals surface area contributed by atoms with E-state index in [-0.39, 0.29) is 44.5 Å². The fourth-order valence-corrected chi connectivity index (χ4v) is 6.45. The summed E-state index contributed by atoms with van der Waals surface area (Å²) in [5.41, 5.74) is 1.06. The first-order valence-electron chi connectivity index (χ1n) is 17.0. The van der Waals surface area contributed by atoms with Crippen LogP contribution in [0.4, 0.5) is 0 Å². The fraction of sp³-hybridized carbons (Fsp3) is 0.0455. The first-order valence-corrected chi connectivity index (χ1v) is 17.0. The number of hydrogen-bond acceptors (Lipinski definition) is 7. The van der Waals surface area contributed by atoms with Gasteiger partial charge in [0.1, 0.15) is 12.2 Å². The zero-order valence-corrected chi connectivity index (χ0v) is 29.4. The van der Waals surface area contributed by atoms with Gasteiger partial charge in [-0.05, 0) is 93.0 Å². The molecule has 6 rings (SSSR count). The molecule has 0 aliphatic carbocycles. The van der Waals surface area contributed by atoms with Crippen LogP contribution in [0, 0.1) is 0 Å². The molecule has 0 saturated heterocycles. The molecule has 13 heteroatoms. The van der Waals surface area contributed by atoms with E-state index < -0.39 is 48.0 Å². The normalized spacial score (nSPS) is 11.9. The van der Waals surface area contributed by atoms with E-state index in [0.717, 1.165) is 12.1 Å². The molecule has 6 aromatic rings. The molecule has 0 aliphatic heterocycles. The van der Waals surface area contributed by atoms with Gasteiger partial charge >= 0.3 is 35.8 Å². The molecular weight excluding hydrogens is 736 g/mol. The highest BCUT2D eigenvalue weighted by Crippen LogP contribution is 2.39. The molecule has 57 heavy (non-hydrogen) atoms. The van der Waals surface area contributed by atoms with Crippen LogP contribution in [0.2, 0.25) is 0 Å². The molecule has 0 heterocycles. The molecule has 0 fully saturated rings. The van der Waals surface area contributed by atoms with Crippen molar-refractivity contribution in [2.45, 2.75) is 12.2 Å². The van der Waals surface area contributed by atoms with E-state index in [2.05, 4.69) is 0 Å². The number of carboxylic acids is 6. The standard InChI is InChI=1S/C44H30O13/c45-39(46)29-17-27(18-30(21-29)40(47)48)37(25-13-9-23(10-14-25)33-5-1-3-7-35(33)43(53)54)57-38(28-19-31(41(49)50)22-32(20-28)42(51)52)26-15-11-24(12-16-26)34-6-2-4-8-36(34)44(55)56/h1-22,37-38H,(H,45,46)(H,47,48)(H,49,50)(H,51,52)(H,53,54)(H,55,56). The number of rotatable bonds is 14. The maximum atomic E-state index is 12.2. The van der Waals surface area contributed by atoms with Gasteiger partial charge in [0.15, 0.2) is 0 Å². The van der Waals surface area contributed by atoms with Gasteiger partial charge in [-0.2, -0.15) is 0 Å². The van der Waals surface area contributed by atoms with Gasteiger partial charge in [-0.25, -0.2) is 28.8 Å². The van der Waals surface area contributed by atoms with Crippen LogP contribution in [0.25, 0.3) is 22.3 Å². The highest BCUT2D eigenvalue weighted by molar-refractivity contribution is 5.97. The van der Waals surface area contributed by atoms with Crippen molar-refractivity contribution in [3.8, 4) is 22.3 Å². The molecule has 0 spiro atoms. The molecule has 0 aliphatic rings. The number of hydrogen-bond donors (Lipinski definition) is 6. The summed E-state index contributed by atoms with van der Waals surface area (Å²) < 4.78 is 6.79. The van der Waals surface area contributed by atoms with E-state index in [1.807, 2.05) is 0 Å². The molecule has 2 atom stereocenters. The van der Waals surface area contributed by atoms with Gasteiger partial charge in [0.25, 0.3) is 0 Å². The lowest BCUT2D eigenvalue weighted by atomic mass is 9.92. The summed E-state index contributed by atoms with van der Waals surface area (Å²) in [6, 6.07) is 32.1. The van der Waals surface area contributed by atoms with Crippen molar-refractivity contribution in [2.24, 2.45) is 0 Å². The molecule has 6 aromatic carbocycles. The SMILES string of the molecule is O=C(O)c1cc(C(=O)O)cc(C(OC(c2ccc(-c3ccccc3C(=O)O)cc2)c2cc(C(=O)O)cc(C(=O)O)c2)c2ccc(-c3ccccc3C(=O)O)cc2)c1. The predicted octanol–water partition coefficient (Wildman–Crippen LogP) is 8.11. The van der Waals surface area contributed by atoms with E-state index in [0.29, 0.717) is 33.4 Å². The summed E-state index contributed by atoms with van der Waals surface area (Å²) in [5.74, 6) is -8.07. The number of benzene rings is 6. The average molecular weight is 767 g/mol. The van der Waals surface area contributed by atoms with Crippen LogP contribution in [0.3, 0.4) is 0 Å². The van der Waals surface area contributed by atoms with Crippen LogP contribution in [0.15, 0.2) is 133 Å². The molecule has 0 amide bonds. The van der Waals surface area contributed by atoms with E-state index >= 15 is 0 Å². The molecule has 0 aromatic heterocycles. The lowest BCUT2D eigenvalue weighted by molar-refractivity contribution is 0.0306. The van der Waals surface area contributed by atoms with Crippen molar-refractivity contribution in [2.75, 3.05) is 0 Å². The molecule has 0 radical (unpaired) electrons. The second-order valence-corrected chi connectivity index (χ2v) is 12.7. The van der Waals surface area contributed by atoms with Crippen molar-refractivity contribution in [1.29, 1.82) is 0 Å². The molecule has 0 saturated carbocycles. The quantitative estimate of drug-likeness (QED) is 0.0616. The minimum atomic E-state index is -1.44. The number of aromatic carboxylic acids is 6. The Labute approximate surface area is 322 Å². The van der Waals surface area contributed by atoms with Crippen LogP contribution in [0.5, 0.6) is 0 Å². The Kier molecular flexibility index (Phi) is 11.0. The van der Waals surface area contributed by atoms with Gasteiger partial charge in [0.05, 0.1) is 33.4 Å². The van der Waals surface area contributed by atoms with Gasteiger partial charge in [0, 0.05) is 0 Å². The molecule has 0 bridgehead atoms. The van der Waals surface area contributed by atoms with Crippen LogP contribution in [0.1, 0.15) is 96.6 Å². The Morgan fingerprint density at radius 2 is 0.649 bits per heavy atom. The second kappa shape index (κ2) is 16.2. The van der Waals surface area contributed by atoms with Gasteiger partial charge < -0.3 is 35.4 Å². The Bertz CT molecular complexity index is 2330. The second-order valence-electron chi connectivity index (χ2n) is 12.7. The van der Waals surface area contributed by atoms with Crippen molar-refractivity contribution in [1.82, 2.24) is 0 Å². The summed E-state index contributed by atoms with van der Waals surface area (Å²) >= 11 is 0. The van der Waals surface area contributed by atoms with Crippen LogP contribution < -0.4 is 0 Å². The molecular formula is C44H30O13. The summed E-state index contributed by atoms with van der Waals surface area (Å²) in [6.07, 6.45) is -2.63. The van der Waals surface area contributed by atoms with Crippen molar-refractivity contribution in [3.05, 3.63) is 189 Å². The molecule has 2 unspecified atom stereocenters. The first kappa shape index (κ1) is 38.8. The van der Waals surface area contributed by atoms with E-state index in [1.165, 1.54) is 36.4 Å². The maximum absolute atomic E-state index is 12.2. The Morgan fingerprint density at radius 3 is 0.930 bits per heavy atom. The van der Waals surface area contributed by atoms with Gasteiger partial charge in [-0.1, -0.05) is 84.9 Å². The highest BCUT2D eigenvalue weighted by atomic mass is 16.5. The van der Waals surface area contributed by atoms with Gasteiger partial charge in [0.2, 0.25) is 0 Å². The topological polar surface area (TPSA) is 233 Å². The van der Waals surface area contributed by atoms with Gasteiger partial charge in [-0.15, -0.1) is 0 Å². The number of carbonyl (C=O) groups is 6. The number of carboxylic acid groups (broad SMARTS) is 6. The largest absolute Gasteiger partial charge is 0.478 e. The molecule has 6 N–H and O–H groups in total. The fourth-order valence-electron chi connectivity index (χ4n) is 6.45. The monoisotopic (exact) mass is 766 g/mol. The van der Waals surface area contributed by atoms with Crippen LogP contribution in [-0.2, 0) is 4.74 Å². The zero-order valence-electron chi connectivity index (χ0n) is 29.4. The van der Waals surface area contributed by atoms with E-state index in [4.69, 9.17) is 4.74 Å². The lowest BCUT2D eigenvalue weighted by Crippen LogP contribution is -2.16. The predicted molar refractivity (Wildman–Crippen MR) is 203 cm³/mol. The number of ether oxygens (including phenoxy) is 1. The molecule has 284 valence electrons. The van der Waals surface area contributed by atoms with Crippen molar-refractivity contribution in [3.63, 3.8) is 0 Å². The minimum Gasteiger partial charge on any atom is -0.478 e. The van der Waals surface area contributed by atoms with Gasteiger partial charge in [-0.3, -0.25) is 0 Å². The third kappa shape index (κ3) is 8.43. The zero-order chi connectivity index (χ0) is 41.0. The Hall–Kier alpha value is -7.90. The summed E-state index contributed by atoms with van der Waals surface area (Å²) in [5, 5.41) is 59.4. The first-order chi connectivity index (χ1) is 27.2. The maximum Gasteiger partial charge on any atom is 0.336 e. The Morgan fingerprint density at radius 1 is 0.351 bits per heavy atom. The third-order valence-electron chi connectivity index (χ3n) is 9.14. The minimum absolute atomic E-state index is 0.0281. The summed E-state index contributed by atoms with van der Waals surface area (Å²) in [6.45, 7) is 0. The Balaban J connectivity index is 1.57. The molecule has 13 nitrogen and oxygen atoms in total. The van der Waals surface area contributed by atoms with Crippen LogP contribution >= 0.6 is 0 Å². The third-order valence-corrected chi connectivity index (χ3v) is 9.14. The smallest absolute Gasteiger partial charge is 0.336 e. The van der Waals surface area contributed by atoms with E-state index in [9.17, 15) is 59.4 Å². The highest BCUT2D eigenvalue weighted by Gasteiger charge is 2.28. The van der Waals surface area contributed by atoms with Crippen molar-refractivity contribution >= 4 is 35.8 Å². The van der Waals surface area contributed by atoms with Crippen molar-refractivity contribution < 1.29 is 64.1 Å². The van der Waals surface area contributed by atoms with E-state index in [1.54, 1.807) is 84.9 Å². The van der Waals surface area contributed by atoms with Crippen LogP contribution in [-0.4, -0.2) is 66.5 Å². The lowest BCUT2D eigenvalue weighted by Gasteiger charge is -2.28. The average Bonchev–Trinajstić information content (AvgIpc) is 3.21. The summed E-state index contributed by atoms with van der Waals surface area (Å²) in [7, 11) is 0.